The van der Waals surface area contributed by atoms with E-state index in [-0.39, 0.29) is 11.3 Å². The van der Waals surface area contributed by atoms with E-state index in [0.29, 0.717) is 6.54 Å². The maximum atomic E-state index is 7.01. The van der Waals surface area contributed by atoms with Gasteiger partial charge in [-0.2, -0.15) is 0 Å². The molecule has 0 fully saturated rings. The second kappa shape index (κ2) is 18.6. The molecule has 0 saturated carbocycles. The van der Waals surface area contributed by atoms with Gasteiger partial charge in [0.1, 0.15) is 5.84 Å². The van der Waals surface area contributed by atoms with Crippen molar-refractivity contribution in [3.63, 3.8) is 0 Å². The Kier molecular flexibility index (Phi) is 12.2. The molecule has 0 bridgehead atoms. The smallest absolute Gasteiger partial charge is 0.122 e. The summed E-state index contributed by atoms with van der Waals surface area (Å²) in [5.74, 6) is 0.121. The second-order valence-electron chi connectivity index (χ2n) is 17.5. The summed E-state index contributed by atoms with van der Waals surface area (Å²) < 4.78 is 0. The molecule has 9 aromatic rings. The first-order valence-corrected chi connectivity index (χ1v) is 22.6. The van der Waals surface area contributed by atoms with Crippen LogP contribution in [0.1, 0.15) is 54.5 Å². The molecule has 0 aliphatic heterocycles. The number of hydrogen-bond acceptors (Lipinski definition) is 2. The zero-order chi connectivity index (χ0) is 44.9. The molecule has 3 heteroatoms. The molecule has 9 aromatic carbocycles. The number of fused-ring (bicyclic) bond motifs is 4. The summed E-state index contributed by atoms with van der Waals surface area (Å²) in [4.78, 5) is 0. The predicted molar refractivity (Wildman–Crippen MR) is 278 cm³/mol. The van der Waals surface area contributed by atoms with Gasteiger partial charge in [0, 0.05) is 17.5 Å². The zero-order valence-electron chi connectivity index (χ0n) is 37.5. The highest BCUT2D eigenvalue weighted by molar-refractivity contribution is 6.12. The van der Waals surface area contributed by atoms with E-state index in [0.717, 1.165) is 12.0 Å². The van der Waals surface area contributed by atoms with Gasteiger partial charge >= 0.3 is 0 Å². The summed E-state index contributed by atoms with van der Waals surface area (Å²) in [6, 6.07) is 71.3. The van der Waals surface area contributed by atoms with Crippen molar-refractivity contribution < 1.29 is 0 Å². The Hall–Kier alpha value is -7.59. The molecular formula is C62H55N3. The number of amidine groups is 1. The molecule has 318 valence electrons. The van der Waals surface area contributed by atoms with E-state index in [1.165, 1.54) is 100 Å². The molecule has 0 spiro atoms. The number of allylic oxidation sites excluding steroid dienone is 4. The SMILES string of the molecule is Cc1ccc(-c2ccc(-c3ccc(-c4ccc(-c5ccc6c(c5)C(C)(C)C5=C6C=CCC5)cc4)c4ccccc34)c3ccccc23)cc1.N=C(N)c1ccccc1.NCc1ccccc1. The lowest BCUT2D eigenvalue weighted by Crippen LogP contribution is -2.17. The summed E-state index contributed by atoms with van der Waals surface area (Å²) in [6.45, 7) is 7.58. The molecule has 65 heavy (non-hydrogen) atoms. The lowest BCUT2D eigenvalue weighted by molar-refractivity contribution is 0.607. The molecule has 5 N–H and O–H groups in total. The second-order valence-corrected chi connectivity index (χ2v) is 17.5. The molecule has 0 unspecified atom stereocenters. The van der Waals surface area contributed by atoms with Gasteiger partial charge in [0.25, 0.3) is 0 Å². The minimum atomic E-state index is 0.0817. The lowest BCUT2D eigenvalue weighted by Gasteiger charge is -2.26. The van der Waals surface area contributed by atoms with Gasteiger partial charge in [0.2, 0.25) is 0 Å². The van der Waals surface area contributed by atoms with Crippen LogP contribution in [0.25, 0.3) is 71.6 Å². The highest BCUT2D eigenvalue weighted by Gasteiger charge is 2.37. The van der Waals surface area contributed by atoms with Crippen LogP contribution in [0.2, 0.25) is 0 Å². The van der Waals surface area contributed by atoms with Crippen LogP contribution in [0.15, 0.2) is 218 Å². The van der Waals surface area contributed by atoms with Crippen molar-refractivity contribution in [1.29, 1.82) is 5.41 Å². The van der Waals surface area contributed by atoms with Crippen molar-refractivity contribution in [2.75, 3.05) is 0 Å². The summed E-state index contributed by atoms with van der Waals surface area (Å²) in [5, 5.41) is 12.1. The van der Waals surface area contributed by atoms with Crippen LogP contribution in [0.3, 0.4) is 0 Å². The monoisotopic (exact) mass is 841 g/mol. The molecule has 0 atom stereocenters. The van der Waals surface area contributed by atoms with Crippen LogP contribution in [0.4, 0.5) is 0 Å². The van der Waals surface area contributed by atoms with E-state index in [4.69, 9.17) is 16.9 Å². The fourth-order valence-corrected chi connectivity index (χ4v) is 9.58. The topological polar surface area (TPSA) is 75.9 Å². The molecule has 0 saturated heterocycles. The molecule has 0 heterocycles. The number of nitrogens with two attached hydrogens (primary N) is 2. The standard InChI is InChI=1S/C48H38.C7H8N2.C7H9N/c1-31-16-18-33(19-17-31)36-26-28-42(40-12-6-4-10-38(36)40)43-29-27-37(39-11-5-7-13-41(39)43)34-22-20-32(21-23-34)35-24-25-45-44-14-8-9-15-46(44)48(2,3)47(45)30-35;8-7(9)6-4-2-1-3-5-6;8-6-7-4-2-1-3-5-7/h4-8,10-14,16-30H,9,15H2,1-3H3;1-5H,(H3,8,9);1-5H,6,8H2. The van der Waals surface area contributed by atoms with Gasteiger partial charge < -0.3 is 11.5 Å². The van der Waals surface area contributed by atoms with Crippen LogP contribution < -0.4 is 11.5 Å². The van der Waals surface area contributed by atoms with E-state index >= 15 is 0 Å². The fourth-order valence-electron chi connectivity index (χ4n) is 9.58. The highest BCUT2D eigenvalue weighted by Crippen LogP contribution is 2.51. The number of hydrogen-bond donors (Lipinski definition) is 3. The third kappa shape index (κ3) is 8.72. The largest absolute Gasteiger partial charge is 0.384 e. The van der Waals surface area contributed by atoms with Gasteiger partial charge in [-0.3, -0.25) is 5.41 Å². The summed E-state index contributed by atoms with van der Waals surface area (Å²) in [6.07, 6.45) is 6.99. The van der Waals surface area contributed by atoms with Crippen molar-refractivity contribution in [2.45, 2.75) is 45.6 Å². The van der Waals surface area contributed by atoms with E-state index in [1.807, 2.05) is 60.7 Å². The minimum Gasteiger partial charge on any atom is -0.384 e. The molecule has 0 radical (unpaired) electrons. The van der Waals surface area contributed by atoms with Crippen molar-refractivity contribution in [3.05, 3.63) is 246 Å². The van der Waals surface area contributed by atoms with Crippen molar-refractivity contribution >= 4 is 33.0 Å². The van der Waals surface area contributed by atoms with E-state index in [9.17, 15) is 0 Å². The molecular weight excluding hydrogens is 787 g/mol. The Labute approximate surface area is 384 Å². The van der Waals surface area contributed by atoms with Gasteiger partial charge in [0.05, 0.1) is 0 Å². The Balaban J connectivity index is 0.000000262. The van der Waals surface area contributed by atoms with Crippen LogP contribution in [-0.2, 0) is 12.0 Å². The minimum absolute atomic E-state index is 0.0817. The first-order valence-electron chi connectivity index (χ1n) is 22.6. The van der Waals surface area contributed by atoms with Crippen LogP contribution >= 0.6 is 0 Å². The molecule has 0 amide bonds. The van der Waals surface area contributed by atoms with Gasteiger partial charge in [-0.25, -0.2) is 0 Å². The van der Waals surface area contributed by atoms with E-state index < -0.39 is 0 Å². The van der Waals surface area contributed by atoms with Crippen LogP contribution in [0, 0.1) is 12.3 Å². The lowest BCUT2D eigenvalue weighted by atomic mass is 9.78. The zero-order valence-corrected chi connectivity index (χ0v) is 37.5. The van der Waals surface area contributed by atoms with Crippen molar-refractivity contribution in [3.8, 4) is 44.5 Å². The fraction of sp³-hybridized carbons (Fsp3) is 0.113. The Morgan fingerprint density at radius 1 is 0.508 bits per heavy atom. The van der Waals surface area contributed by atoms with Crippen molar-refractivity contribution in [1.82, 2.24) is 0 Å². The molecule has 2 aliphatic rings. The molecule has 2 aliphatic carbocycles. The summed E-state index contributed by atoms with van der Waals surface area (Å²) >= 11 is 0. The number of benzene rings is 9. The van der Waals surface area contributed by atoms with Crippen LogP contribution in [0.5, 0.6) is 0 Å². The van der Waals surface area contributed by atoms with E-state index in [1.54, 1.807) is 5.57 Å². The molecule has 11 rings (SSSR count). The maximum absolute atomic E-state index is 7.01. The predicted octanol–water partition coefficient (Wildman–Crippen LogP) is 15.5. The molecule has 0 aromatic heterocycles. The molecule has 3 nitrogen and oxygen atoms in total. The first kappa shape index (κ1) is 42.7. The van der Waals surface area contributed by atoms with Crippen molar-refractivity contribution in [2.24, 2.45) is 11.5 Å². The third-order valence-electron chi connectivity index (χ3n) is 13.1. The number of rotatable bonds is 6. The average Bonchev–Trinajstić information content (AvgIpc) is 3.59. The average molecular weight is 842 g/mol. The first-order chi connectivity index (χ1) is 31.7. The quantitative estimate of drug-likeness (QED) is 0.115. The number of aryl methyl sites for hydroxylation is 1. The summed E-state index contributed by atoms with van der Waals surface area (Å²) in [5.41, 5.74) is 29.9. The highest BCUT2D eigenvalue weighted by atomic mass is 14.7. The number of nitrogen functional groups attached to an aromatic ring is 1. The Morgan fingerprint density at radius 3 is 1.46 bits per heavy atom. The van der Waals surface area contributed by atoms with Gasteiger partial charge in [0.15, 0.2) is 0 Å². The Bertz CT molecular complexity index is 3210. The van der Waals surface area contributed by atoms with Crippen LogP contribution in [-0.4, -0.2) is 5.84 Å². The normalized spacial score (nSPS) is 13.3. The maximum Gasteiger partial charge on any atom is 0.122 e. The van der Waals surface area contributed by atoms with E-state index in [2.05, 4.69) is 172 Å². The Morgan fingerprint density at radius 2 is 0.954 bits per heavy atom. The van der Waals surface area contributed by atoms with Gasteiger partial charge in [-0.15, -0.1) is 0 Å². The van der Waals surface area contributed by atoms with Gasteiger partial charge in [-0.1, -0.05) is 231 Å². The number of nitrogens with one attached hydrogen (secondary N) is 1. The van der Waals surface area contributed by atoms with Gasteiger partial charge in [-0.05, 0) is 114 Å². The summed E-state index contributed by atoms with van der Waals surface area (Å²) in [7, 11) is 0. The third-order valence-corrected chi connectivity index (χ3v) is 13.1.